The lowest BCUT2D eigenvalue weighted by molar-refractivity contribution is -0.129. The first-order valence-corrected chi connectivity index (χ1v) is 11.2. The third-order valence-electron chi connectivity index (χ3n) is 5.17. The molecule has 2 rings (SSSR count). The molecule has 2 heterocycles. The van der Waals surface area contributed by atoms with Crippen LogP contribution in [-0.2, 0) is 14.0 Å². The summed E-state index contributed by atoms with van der Waals surface area (Å²) in [4.78, 5) is 29.0. The maximum absolute atomic E-state index is 12.4. The zero-order valence-corrected chi connectivity index (χ0v) is 15.9. The molecule has 5 nitrogen and oxygen atoms in total. The molecule has 0 atom stereocenters. The molecule has 23 heavy (non-hydrogen) atoms. The molecule has 0 aliphatic carbocycles. The predicted molar refractivity (Wildman–Crippen MR) is 94.1 cm³/mol. The van der Waals surface area contributed by atoms with E-state index in [0.29, 0.717) is 30.8 Å². The summed E-state index contributed by atoms with van der Waals surface area (Å²) in [7, 11) is -1.75. The highest BCUT2D eigenvalue weighted by Gasteiger charge is 2.40. The van der Waals surface area contributed by atoms with Crippen LogP contribution in [0, 0.1) is 0 Å². The summed E-state index contributed by atoms with van der Waals surface area (Å²) >= 11 is 0. The third-order valence-corrected chi connectivity index (χ3v) is 9.70. The average molecular weight is 337 g/mol. The van der Waals surface area contributed by atoms with E-state index in [1.54, 1.807) is 0 Å². The summed E-state index contributed by atoms with van der Waals surface area (Å²) in [6, 6.07) is 0. The van der Waals surface area contributed by atoms with Crippen molar-refractivity contribution in [2.45, 2.75) is 64.3 Å². The molecule has 1 fully saturated rings. The number of carbonyl (C=O) groups is 2. The highest BCUT2D eigenvalue weighted by atomic mass is 28.4. The molecule has 128 valence electrons. The Balaban J connectivity index is 1.85. The molecule has 0 aromatic rings. The van der Waals surface area contributed by atoms with E-state index in [0.717, 1.165) is 19.1 Å². The van der Waals surface area contributed by atoms with Crippen LogP contribution in [0.3, 0.4) is 0 Å². The van der Waals surface area contributed by atoms with Crippen molar-refractivity contribution < 1.29 is 14.0 Å². The van der Waals surface area contributed by atoms with Crippen LogP contribution in [0.4, 0.5) is 0 Å². The van der Waals surface area contributed by atoms with E-state index in [-0.39, 0.29) is 17.0 Å². The van der Waals surface area contributed by atoms with Crippen LogP contribution in [0.15, 0.2) is 16.8 Å². The second-order valence-electron chi connectivity index (χ2n) is 7.94. The van der Waals surface area contributed by atoms with Crippen molar-refractivity contribution in [3.8, 4) is 0 Å². The van der Waals surface area contributed by atoms with Gasteiger partial charge in [0, 0.05) is 37.4 Å². The van der Waals surface area contributed by atoms with Gasteiger partial charge < -0.3 is 9.33 Å². The van der Waals surface area contributed by atoms with E-state index in [9.17, 15) is 9.59 Å². The SMILES string of the molecule is CC(C)(C)[Si](C)(C)OC1CCN(C(=O)C2=CN=C(C=O)C2)CC1. The molecule has 0 spiro atoms. The Labute approximate surface area is 139 Å². The standard InChI is InChI=1S/C17H28N2O3Si/c1-17(2,3)23(4,5)22-15-6-8-19(9-7-15)16(21)13-10-14(12-20)18-11-13/h11-12,15H,6-10H2,1-5H3. The zero-order valence-electron chi connectivity index (χ0n) is 14.9. The van der Waals surface area contributed by atoms with Crippen LogP contribution in [-0.4, -0.2) is 50.3 Å². The Morgan fingerprint density at radius 3 is 2.43 bits per heavy atom. The van der Waals surface area contributed by atoms with E-state index < -0.39 is 8.32 Å². The van der Waals surface area contributed by atoms with Gasteiger partial charge in [0.2, 0.25) is 0 Å². The van der Waals surface area contributed by atoms with E-state index in [1.807, 2.05) is 4.90 Å². The number of hydrogen-bond acceptors (Lipinski definition) is 4. The van der Waals surface area contributed by atoms with Crippen molar-refractivity contribution >= 4 is 26.2 Å². The van der Waals surface area contributed by atoms with Crippen LogP contribution in [0.1, 0.15) is 40.0 Å². The van der Waals surface area contributed by atoms with Crippen LogP contribution in [0.25, 0.3) is 0 Å². The largest absolute Gasteiger partial charge is 0.414 e. The van der Waals surface area contributed by atoms with Crippen molar-refractivity contribution in [3.05, 3.63) is 11.8 Å². The van der Waals surface area contributed by atoms with E-state index >= 15 is 0 Å². The fourth-order valence-electron chi connectivity index (χ4n) is 2.62. The monoisotopic (exact) mass is 336 g/mol. The van der Waals surface area contributed by atoms with Gasteiger partial charge in [-0.1, -0.05) is 20.8 Å². The molecule has 0 aromatic carbocycles. The van der Waals surface area contributed by atoms with Crippen molar-refractivity contribution in [1.29, 1.82) is 0 Å². The summed E-state index contributed by atoms with van der Waals surface area (Å²) in [5.74, 6) is 0.0105. The molecule has 1 saturated heterocycles. The first-order valence-electron chi connectivity index (χ1n) is 8.32. The molecule has 0 saturated carbocycles. The quantitative estimate of drug-likeness (QED) is 0.586. The van der Waals surface area contributed by atoms with Gasteiger partial charge in [-0.05, 0) is 31.0 Å². The topological polar surface area (TPSA) is 59.0 Å². The van der Waals surface area contributed by atoms with Crippen LogP contribution < -0.4 is 0 Å². The van der Waals surface area contributed by atoms with Gasteiger partial charge in [0.15, 0.2) is 14.6 Å². The number of amides is 1. The van der Waals surface area contributed by atoms with Crippen molar-refractivity contribution in [1.82, 2.24) is 4.90 Å². The normalized spacial score (nSPS) is 20.3. The molecule has 2 aliphatic heterocycles. The van der Waals surface area contributed by atoms with Gasteiger partial charge in [0.1, 0.15) is 0 Å². The number of piperidine rings is 1. The minimum atomic E-state index is -1.75. The Morgan fingerprint density at radius 2 is 1.96 bits per heavy atom. The van der Waals surface area contributed by atoms with E-state index in [2.05, 4.69) is 38.9 Å². The van der Waals surface area contributed by atoms with Crippen molar-refractivity contribution in [2.24, 2.45) is 4.99 Å². The highest BCUT2D eigenvalue weighted by molar-refractivity contribution is 6.74. The number of nitrogens with zero attached hydrogens (tertiary/aromatic N) is 2. The van der Waals surface area contributed by atoms with Crippen LogP contribution >= 0.6 is 0 Å². The number of hydrogen-bond donors (Lipinski definition) is 0. The molecule has 0 bridgehead atoms. The van der Waals surface area contributed by atoms with Gasteiger partial charge in [-0.15, -0.1) is 0 Å². The number of carbonyl (C=O) groups excluding carboxylic acids is 2. The Kier molecular flexibility index (Phi) is 5.26. The van der Waals surface area contributed by atoms with E-state index in [1.165, 1.54) is 6.20 Å². The van der Waals surface area contributed by atoms with Gasteiger partial charge in [0.05, 0.1) is 5.71 Å². The lowest BCUT2D eigenvalue weighted by Crippen LogP contribution is -2.48. The number of likely N-dealkylation sites (tertiary alicyclic amines) is 1. The Bertz CT molecular complexity index is 539. The molecule has 1 amide bonds. The summed E-state index contributed by atoms with van der Waals surface area (Å²) in [6.45, 7) is 12.7. The summed E-state index contributed by atoms with van der Waals surface area (Å²) in [5.41, 5.74) is 1.06. The fraction of sp³-hybridized carbons (Fsp3) is 0.706. The predicted octanol–water partition coefficient (Wildman–Crippen LogP) is 2.93. The minimum Gasteiger partial charge on any atom is -0.414 e. The zero-order chi connectivity index (χ0) is 17.3. The smallest absolute Gasteiger partial charge is 0.251 e. The molecule has 6 heteroatoms. The van der Waals surface area contributed by atoms with Gasteiger partial charge >= 0.3 is 0 Å². The average Bonchev–Trinajstić information content (AvgIpc) is 2.94. The molecule has 2 aliphatic rings. The maximum atomic E-state index is 12.4. The third kappa shape index (κ3) is 4.17. The number of aldehydes is 1. The van der Waals surface area contributed by atoms with Crippen LogP contribution in [0.2, 0.25) is 18.1 Å². The van der Waals surface area contributed by atoms with Gasteiger partial charge in [-0.2, -0.15) is 0 Å². The molecule has 0 radical (unpaired) electrons. The molecular formula is C17H28N2O3Si. The van der Waals surface area contributed by atoms with Crippen molar-refractivity contribution in [2.75, 3.05) is 13.1 Å². The Morgan fingerprint density at radius 1 is 1.35 bits per heavy atom. The first kappa shape index (κ1) is 18.1. The lowest BCUT2D eigenvalue weighted by atomic mass is 10.1. The second-order valence-corrected chi connectivity index (χ2v) is 12.7. The Hall–Kier alpha value is -1.27. The summed E-state index contributed by atoms with van der Waals surface area (Å²) < 4.78 is 6.45. The maximum Gasteiger partial charge on any atom is 0.251 e. The van der Waals surface area contributed by atoms with E-state index in [4.69, 9.17) is 4.43 Å². The summed E-state index contributed by atoms with van der Waals surface area (Å²) in [5, 5.41) is 0.206. The molecule has 0 unspecified atom stereocenters. The molecule has 0 N–H and O–H groups in total. The number of aliphatic imine (C=N–C) groups is 1. The molecular weight excluding hydrogens is 308 g/mol. The van der Waals surface area contributed by atoms with Gasteiger partial charge in [0.25, 0.3) is 5.91 Å². The highest BCUT2D eigenvalue weighted by Crippen LogP contribution is 2.38. The van der Waals surface area contributed by atoms with Crippen LogP contribution in [0.5, 0.6) is 0 Å². The minimum absolute atomic E-state index is 0.0105. The summed E-state index contributed by atoms with van der Waals surface area (Å²) in [6.07, 6.45) is 4.63. The molecule has 0 aromatic heterocycles. The number of rotatable bonds is 4. The second kappa shape index (κ2) is 6.69. The van der Waals surface area contributed by atoms with Crippen molar-refractivity contribution in [3.63, 3.8) is 0 Å². The lowest BCUT2D eigenvalue weighted by Gasteiger charge is -2.42. The fourth-order valence-corrected chi connectivity index (χ4v) is 4.05. The van der Waals surface area contributed by atoms with Gasteiger partial charge in [-0.3, -0.25) is 14.6 Å². The first-order chi connectivity index (χ1) is 10.6. The van der Waals surface area contributed by atoms with Gasteiger partial charge in [-0.25, -0.2) is 0 Å².